The van der Waals surface area contributed by atoms with E-state index in [9.17, 15) is 0 Å². The lowest BCUT2D eigenvalue weighted by Crippen LogP contribution is -2.28. The van der Waals surface area contributed by atoms with Crippen molar-refractivity contribution in [2.75, 3.05) is 0 Å². The van der Waals surface area contributed by atoms with Crippen LogP contribution in [-0.4, -0.2) is 9.97 Å². The SMILES string of the molecule is [2H]c1c([2H])c([2H])c(-c2ccc(-c3cc(-c4ccc(-c5ccc6c(c5)C(c5ccccc5)(c5ccccc5)c5ccccc5-6)c5ccccc45)nc(-c4ccccc4)n3)cc2)c([2H])c1[2H]. The predicted molar refractivity (Wildman–Crippen MR) is 244 cm³/mol. The fraction of sp³-hybridized carbons (Fsp3) is 0.0175. The molecule has 0 aliphatic heterocycles. The van der Waals surface area contributed by atoms with E-state index in [1.54, 1.807) is 12.1 Å². The molecule has 0 saturated heterocycles. The van der Waals surface area contributed by atoms with E-state index in [-0.39, 0.29) is 29.7 Å². The summed E-state index contributed by atoms with van der Waals surface area (Å²) in [7, 11) is 0. The molecule has 0 radical (unpaired) electrons. The molecule has 276 valence electrons. The molecule has 1 heterocycles. The molecule has 2 nitrogen and oxygen atoms in total. The van der Waals surface area contributed by atoms with Crippen LogP contribution in [0.3, 0.4) is 0 Å². The predicted octanol–water partition coefficient (Wildman–Crippen LogP) is 14.3. The highest BCUT2D eigenvalue weighted by atomic mass is 14.9. The first-order valence-electron chi connectivity index (χ1n) is 22.3. The van der Waals surface area contributed by atoms with Crippen molar-refractivity contribution in [1.82, 2.24) is 9.97 Å². The zero-order valence-corrected chi connectivity index (χ0v) is 31.9. The van der Waals surface area contributed by atoms with Crippen LogP contribution in [-0.2, 0) is 5.41 Å². The van der Waals surface area contributed by atoms with E-state index in [0.29, 0.717) is 17.1 Å². The highest BCUT2D eigenvalue weighted by Gasteiger charge is 2.46. The van der Waals surface area contributed by atoms with Gasteiger partial charge in [-0.1, -0.05) is 218 Å². The Hall–Kier alpha value is -7.68. The van der Waals surface area contributed by atoms with Crippen LogP contribution in [0.5, 0.6) is 0 Å². The maximum atomic E-state index is 8.53. The summed E-state index contributed by atoms with van der Waals surface area (Å²) in [5, 5.41) is 2.16. The molecule has 10 aromatic rings. The van der Waals surface area contributed by atoms with Crippen LogP contribution in [0.1, 0.15) is 29.1 Å². The molecular formula is C57H38N2. The third-order valence-corrected chi connectivity index (χ3v) is 11.7. The van der Waals surface area contributed by atoms with Gasteiger partial charge in [-0.3, -0.25) is 0 Å². The molecule has 0 amide bonds. The fourth-order valence-corrected chi connectivity index (χ4v) is 9.04. The minimum atomic E-state index is -0.516. The van der Waals surface area contributed by atoms with Crippen molar-refractivity contribution < 1.29 is 6.85 Å². The Morgan fingerprint density at radius 1 is 0.339 bits per heavy atom. The van der Waals surface area contributed by atoms with Crippen LogP contribution < -0.4 is 0 Å². The van der Waals surface area contributed by atoms with Gasteiger partial charge in [-0.2, -0.15) is 0 Å². The first-order valence-corrected chi connectivity index (χ1v) is 19.8. The Morgan fingerprint density at radius 2 is 0.864 bits per heavy atom. The minimum absolute atomic E-state index is 0.163. The number of hydrogen-bond acceptors (Lipinski definition) is 2. The lowest BCUT2D eigenvalue weighted by atomic mass is 9.67. The third kappa shape index (κ3) is 5.80. The van der Waals surface area contributed by atoms with E-state index in [4.69, 9.17) is 16.8 Å². The highest BCUT2D eigenvalue weighted by Crippen LogP contribution is 2.57. The van der Waals surface area contributed by atoms with E-state index in [1.165, 1.54) is 33.4 Å². The van der Waals surface area contributed by atoms with Gasteiger partial charge in [0.05, 0.1) is 23.7 Å². The van der Waals surface area contributed by atoms with Gasteiger partial charge in [-0.25, -0.2) is 9.97 Å². The Labute approximate surface area is 351 Å². The number of nitrogens with zero attached hydrogens (tertiary/aromatic N) is 2. The summed E-state index contributed by atoms with van der Waals surface area (Å²) in [6, 6.07) is 68.1. The molecule has 1 aliphatic carbocycles. The Kier molecular flexibility index (Phi) is 7.19. The standard InChI is InChI=1S/C57H38N2/c1-5-17-39(18-6-1)40-29-31-41(32-30-40)54-38-55(59-56(58-54)42-19-7-2-8-20-42)51-36-35-46(47-25-13-14-26-48(47)51)43-33-34-50-49-27-15-16-28-52(49)57(53(50)37-43,44-21-9-3-10-22-44)45-23-11-4-12-24-45/h1-38H/i1D,5D,6D,17D,18D. The summed E-state index contributed by atoms with van der Waals surface area (Å²) >= 11 is 0. The molecule has 0 fully saturated rings. The smallest absolute Gasteiger partial charge is 0.160 e. The zero-order chi connectivity index (χ0) is 43.5. The average Bonchev–Trinajstić information content (AvgIpc) is 3.66. The maximum absolute atomic E-state index is 8.53. The van der Waals surface area contributed by atoms with Crippen molar-refractivity contribution in [1.29, 1.82) is 0 Å². The lowest BCUT2D eigenvalue weighted by molar-refractivity contribution is 0.769. The van der Waals surface area contributed by atoms with E-state index in [2.05, 4.69) is 140 Å². The molecule has 11 rings (SSSR count). The highest BCUT2D eigenvalue weighted by molar-refractivity contribution is 6.05. The Balaban J connectivity index is 1.07. The first-order chi connectivity index (χ1) is 31.3. The van der Waals surface area contributed by atoms with Gasteiger partial charge < -0.3 is 0 Å². The number of benzene rings is 9. The van der Waals surface area contributed by atoms with Crippen molar-refractivity contribution in [3.63, 3.8) is 0 Å². The molecule has 1 aliphatic rings. The molecule has 59 heavy (non-hydrogen) atoms. The van der Waals surface area contributed by atoms with E-state index in [1.807, 2.05) is 48.5 Å². The van der Waals surface area contributed by atoms with Crippen LogP contribution in [0.2, 0.25) is 0 Å². The van der Waals surface area contributed by atoms with Gasteiger partial charge in [-0.15, -0.1) is 0 Å². The van der Waals surface area contributed by atoms with Crippen molar-refractivity contribution in [3.05, 3.63) is 253 Å². The number of rotatable bonds is 7. The van der Waals surface area contributed by atoms with Crippen molar-refractivity contribution >= 4 is 10.8 Å². The van der Waals surface area contributed by atoms with Gasteiger partial charge in [0.1, 0.15) is 0 Å². The summed E-state index contributed by atoms with van der Waals surface area (Å²) in [4.78, 5) is 10.3. The van der Waals surface area contributed by atoms with Crippen molar-refractivity contribution in [3.8, 4) is 67.3 Å². The second-order valence-corrected chi connectivity index (χ2v) is 14.9. The maximum Gasteiger partial charge on any atom is 0.160 e. The van der Waals surface area contributed by atoms with Gasteiger partial charge in [0.25, 0.3) is 0 Å². The number of aromatic nitrogens is 2. The van der Waals surface area contributed by atoms with Crippen LogP contribution in [0.15, 0.2) is 230 Å². The van der Waals surface area contributed by atoms with Gasteiger partial charge in [0.15, 0.2) is 5.82 Å². The monoisotopic (exact) mass is 755 g/mol. The molecule has 0 spiro atoms. The van der Waals surface area contributed by atoms with Crippen LogP contribution in [0, 0.1) is 0 Å². The minimum Gasteiger partial charge on any atom is -0.228 e. The van der Waals surface area contributed by atoms with E-state index >= 15 is 0 Å². The molecule has 0 N–H and O–H groups in total. The first kappa shape index (κ1) is 29.5. The van der Waals surface area contributed by atoms with Gasteiger partial charge in [-0.05, 0) is 78.5 Å². The molecule has 0 saturated carbocycles. The summed E-state index contributed by atoms with van der Waals surface area (Å²) in [6.45, 7) is 0. The zero-order valence-electron chi connectivity index (χ0n) is 36.9. The van der Waals surface area contributed by atoms with Crippen LogP contribution >= 0.6 is 0 Å². The quantitative estimate of drug-likeness (QED) is 0.162. The molecule has 9 aromatic carbocycles. The molecular weight excluding hydrogens is 713 g/mol. The molecule has 0 unspecified atom stereocenters. The molecule has 0 bridgehead atoms. The second kappa shape index (κ2) is 14.4. The summed E-state index contributed by atoms with van der Waals surface area (Å²) < 4.78 is 41.5. The summed E-state index contributed by atoms with van der Waals surface area (Å²) in [5.74, 6) is 0.576. The number of hydrogen-bond donors (Lipinski definition) is 0. The Bertz CT molecular complexity index is 3360. The van der Waals surface area contributed by atoms with Crippen LogP contribution in [0.25, 0.3) is 78.1 Å². The molecule has 2 heteroatoms. The normalized spacial score (nSPS) is 13.7. The number of fused-ring (bicyclic) bond motifs is 4. The lowest BCUT2D eigenvalue weighted by Gasteiger charge is -2.34. The third-order valence-electron chi connectivity index (χ3n) is 11.7. The van der Waals surface area contributed by atoms with Crippen molar-refractivity contribution in [2.24, 2.45) is 0 Å². The van der Waals surface area contributed by atoms with E-state index < -0.39 is 11.5 Å². The second-order valence-electron chi connectivity index (χ2n) is 14.9. The fourth-order valence-electron chi connectivity index (χ4n) is 9.04. The van der Waals surface area contributed by atoms with Gasteiger partial charge in [0.2, 0.25) is 0 Å². The molecule has 0 atom stereocenters. The topological polar surface area (TPSA) is 25.8 Å². The van der Waals surface area contributed by atoms with Crippen molar-refractivity contribution in [2.45, 2.75) is 5.41 Å². The Morgan fingerprint density at radius 3 is 1.58 bits per heavy atom. The van der Waals surface area contributed by atoms with Crippen LogP contribution in [0.4, 0.5) is 0 Å². The van der Waals surface area contributed by atoms with E-state index in [0.717, 1.165) is 44.3 Å². The summed E-state index contributed by atoms with van der Waals surface area (Å²) in [5.41, 5.74) is 14.0. The van der Waals surface area contributed by atoms with Gasteiger partial charge >= 0.3 is 0 Å². The summed E-state index contributed by atoms with van der Waals surface area (Å²) in [6.07, 6.45) is 0. The average molecular weight is 756 g/mol. The largest absolute Gasteiger partial charge is 0.228 e. The molecule has 1 aromatic heterocycles. The van der Waals surface area contributed by atoms with Gasteiger partial charge in [0, 0.05) is 16.7 Å².